The highest BCUT2D eigenvalue weighted by Gasteiger charge is 2.21. The minimum atomic E-state index is -0.503. The molecular formula is C26H29NO2. The summed E-state index contributed by atoms with van der Waals surface area (Å²) in [6, 6.07) is 20.7. The maximum atomic E-state index is 12.9. The molecular weight excluding hydrogens is 358 g/mol. The molecule has 3 heteroatoms. The van der Waals surface area contributed by atoms with Gasteiger partial charge in [-0.25, -0.2) is 0 Å². The monoisotopic (exact) mass is 387 g/mol. The first-order chi connectivity index (χ1) is 14.1. The second kappa shape index (κ2) is 8.69. The van der Waals surface area contributed by atoms with Gasteiger partial charge >= 0.3 is 0 Å². The number of rotatable bonds is 6. The van der Waals surface area contributed by atoms with Crippen molar-refractivity contribution >= 4 is 16.7 Å². The van der Waals surface area contributed by atoms with E-state index in [0.717, 1.165) is 17.6 Å². The van der Waals surface area contributed by atoms with Crippen molar-refractivity contribution in [2.75, 3.05) is 0 Å². The van der Waals surface area contributed by atoms with Crippen molar-refractivity contribution in [2.24, 2.45) is 0 Å². The van der Waals surface area contributed by atoms with Gasteiger partial charge in [-0.15, -0.1) is 0 Å². The predicted molar refractivity (Wildman–Crippen MR) is 118 cm³/mol. The Kier molecular flexibility index (Phi) is 5.84. The zero-order valence-electron chi connectivity index (χ0n) is 17.3. The van der Waals surface area contributed by atoms with Gasteiger partial charge in [0.25, 0.3) is 5.91 Å². The number of ether oxygens (including phenoxy) is 1. The zero-order valence-corrected chi connectivity index (χ0v) is 17.3. The predicted octanol–water partition coefficient (Wildman–Crippen LogP) is 5.75. The van der Waals surface area contributed by atoms with E-state index in [1.807, 2.05) is 44.2 Å². The van der Waals surface area contributed by atoms with E-state index in [4.69, 9.17) is 4.74 Å². The SMILES string of the molecule is CC[C@@H](Oc1ccc2ccccc2c1)C(=O)N[C@H](C)c1ccc2c(c1)CCCC2. The number of carbonyl (C=O) groups is 1. The number of amides is 1. The molecule has 1 N–H and O–H groups in total. The Morgan fingerprint density at radius 1 is 0.966 bits per heavy atom. The largest absolute Gasteiger partial charge is 0.481 e. The molecule has 2 atom stereocenters. The lowest BCUT2D eigenvalue weighted by Crippen LogP contribution is -2.39. The summed E-state index contributed by atoms with van der Waals surface area (Å²) in [6.45, 7) is 4.03. The van der Waals surface area contributed by atoms with Crippen LogP contribution in [0.3, 0.4) is 0 Å². The number of nitrogens with one attached hydrogen (secondary N) is 1. The quantitative estimate of drug-likeness (QED) is 0.584. The lowest BCUT2D eigenvalue weighted by Gasteiger charge is -2.23. The van der Waals surface area contributed by atoms with Crippen LogP contribution in [0.1, 0.15) is 55.8 Å². The average Bonchev–Trinajstić information content (AvgIpc) is 2.76. The van der Waals surface area contributed by atoms with Gasteiger partial charge in [0.05, 0.1) is 6.04 Å². The molecule has 150 valence electrons. The fourth-order valence-electron chi connectivity index (χ4n) is 4.14. The number of aryl methyl sites for hydroxylation is 2. The summed E-state index contributed by atoms with van der Waals surface area (Å²) < 4.78 is 6.05. The summed E-state index contributed by atoms with van der Waals surface area (Å²) >= 11 is 0. The molecule has 0 spiro atoms. The smallest absolute Gasteiger partial charge is 0.261 e. The van der Waals surface area contributed by atoms with Crippen LogP contribution >= 0.6 is 0 Å². The van der Waals surface area contributed by atoms with Gasteiger partial charge in [0.2, 0.25) is 0 Å². The molecule has 1 aliphatic rings. The molecule has 4 rings (SSSR count). The van der Waals surface area contributed by atoms with E-state index in [1.54, 1.807) is 0 Å². The molecule has 0 saturated carbocycles. The van der Waals surface area contributed by atoms with Gasteiger partial charge in [0.15, 0.2) is 6.10 Å². The zero-order chi connectivity index (χ0) is 20.2. The summed E-state index contributed by atoms with van der Waals surface area (Å²) in [6.07, 6.45) is 4.98. The van der Waals surface area contributed by atoms with E-state index < -0.39 is 6.10 Å². The maximum Gasteiger partial charge on any atom is 0.261 e. The number of hydrogen-bond donors (Lipinski definition) is 1. The highest BCUT2D eigenvalue weighted by molar-refractivity contribution is 5.84. The molecule has 3 nitrogen and oxygen atoms in total. The van der Waals surface area contributed by atoms with Crippen molar-refractivity contribution in [1.82, 2.24) is 5.32 Å². The summed E-state index contributed by atoms with van der Waals surface area (Å²) in [5.41, 5.74) is 4.07. The topological polar surface area (TPSA) is 38.3 Å². The van der Waals surface area contributed by atoms with Gasteiger partial charge in [-0.1, -0.05) is 55.5 Å². The van der Waals surface area contributed by atoms with E-state index in [1.165, 1.54) is 41.3 Å². The van der Waals surface area contributed by atoms with Crippen LogP contribution in [0.25, 0.3) is 10.8 Å². The number of fused-ring (bicyclic) bond motifs is 2. The van der Waals surface area contributed by atoms with Gasteiger partial charge in [0, 0.05) is 0 Å². The van der Waals surface area contributed by atoms with Crippen LogP contribution in [0.4, 0.5) is 0 Å². The molecule has 3 aromatic carbocycles. The first-order valence-corrected chi connectivity index (χ1v) is 10.7. The Balaban J connectivity index is 1.44. The summed E-state index contributed by atoms with van der Waals surface area (Å²) in [4.78, 5) is 12.9. The highest BCUT2D eigenvalue weighted by Crippen LogP contribution is 2.25. The molecule has 3 aromatic rings. The van der Waals surface area contributed by atoms with Gasteiger partial charge in [-0.2, -0.15) is 0 Å². The average molecular weight is 388 g/mol. The van der Waals surface area contributed by atoms with Crippen molar-refractivity contribution in [1.29, 1.82) is 0 Å². The van der Waals surface area contributed by atoms with E-state index in [2.05, 4.69) is 35.6 Å². The Morgan fingerprint density at radius 3 is 2.52 bits per heavy atom. The standard InChI is InChI=1S/C26H29NO2/c1-3-25(29-24-15-14-20-9-5-7-11-23(20)17-24)26(28)27-18(2)21-13-12-19-8-4-6-10-22(19)16-21/h5,7,9,11-18,25H,3-4,6,8,10H2,1-2H3,(H,27,28)/t18-,25-/m1/s1. The molecule has 0 heterocycles. The molecule has 0 aliphatic heterocycles. The molecule has 0 saturated heterocycles. The Labute approximate surface area is 173 Å². The van der Waals surface area contributed by atoms with Crippen LogP contribution in [0.15, 0.2) is 60.7 Å². The molecule has 0 radical (unpaired) electrons. The van der Waals surface area contributed by atoms with Crippen molar-refractivity contribution in [3.63, 3.8) is 0 Å². The molecule has 1 amide bonds. The van der Waals surface area contributed by atoms with Gasteiger partial charge < -0.3 is 10.1 Å². The van der Waals surface area contributed by atoms with Crippen LogP contribution in [0.2, 0.25) is 0 Å². The van der Waals surface area contributed by atoms with Crippen LogP contribution in [-0.4, -0.2) is 12.0 Å². The van der Waals surface area contributed by atoms with Crippen molar-refractivity contribution in [3.8, 4) is 5.75 Å². The minimum absolute atomic E-state index is 0.0380. The van der Waals surface area contributed by atoms with Gasteiger partial charge in [-0.3, -0.25) is 4.79 Å². The van der Waals surface area contributed by atoms with Gasteiger partial charge in [0.1, 0.15) is 5.75 Å². The second-order valence-electron chi connectivity index (χ2n) is 7.99. The fourth-order valence-corrected chi connectivity index (χ4v) is 4.14. The van der Waals surface area contributed by atoms with E-state index in [-0.39, 0.29) is 11.9 Å². The third-order valence-corrected chi connectivity index (χ3v) is 5.89. The molecule has 29 heavy (non-hydrogen) atoms. The normalized spacial score (nSPS) is 15.4. The summed E-state index contributed by atoms with van der Waals surface area (Å²) in [5.74, 6) is 0.665. The van der Waals surface area contributed by atoms with Crippen LogP contribution in [0, 0.1) is 0 Å². The Bertz CT molecular complexity index is 1010. The molecule has 0 aromatic heterocycles. The third kappa shape index (κ3) is 4.45. The highest BCUT2D eigenvalue weighted by atomic mass is 16.5. The van der Waals surface area contributed by atoms with Gasteiger partial charge in [-0.05, 0) is 78.6 Å². The van der Waals surface area contributed by atoms with Crippen LogP contribution in [-0.2, 0) is 17.6 Å². The summed E-state index contributed by atoms with van der Waals surface area (Å²) in [7, 11) is 0. The first kappa shape index (κ1) is 19.5. The second-order valence-corrected chi connectivity index (χ2v) is 7.99. The lowest BCUT2D eigenvalue weighted by molar-refractivity contribution is -0.128. The fraction of sp³-hybridized carbons (Fsp3) is 0.346. The van der Waals surface area contributed by atoms with E-state index >= 15 is 0 Å². The maximum absolute atomic E-state index is 12.9. The number of benzene rings is 3. The Morgan fingerprint density at radius 2 is 1.72 bits per heavy atom. The van der Waals surface area contributed by atoms with E-state index in [9.17, 15) is 4.79 Å². The lowest BCUT2D eigenvalue weighted by atomic mass is 9.89. The van der Waals surface area contributed by atoms with Crippen LogP contribution < -0.4 is 10.1 Å². The van der Waals surface area contributed by atoms with Crippen molar-refractivity contribution < 1.29 is 9.53 Å². The van der Waals surface area contributed by atoms with E-state index in [0.29, 0.717) is 6.42 Å². The van der Waals surface area contributed by atoms with Crippen molar-refractivity contribution in [2.45, 2.75) is 58.1 Å². The Hall–Kier alpha value is -2.81. The minimum Gasteiger partial charge on any atom is -0.481 e. The molecule has 0 fully saturated rings. The molecule has 0 unspecified atom stereocenters. The molecule has 1 aliphatic carbocycles. The third-order valence-electron chi connectivity index (χ3n) is 5.89. The number of carbonyl (C=O) groups excluding carboxylic acids is 1. The van der Waals surface area contributed by atoms with Crippen molar-refractivity contribution in [3.05, 3.63) is 77.4 Å². The van der Waals surface area contributed by atoms with Crippen LogP contribution in [0.5, 0.6) is 5.75 Å². The molecule has 0 bridgehead atoms. The summed E-state index contributed by atoms with van der Waals surface area (Å²) in [5, 5.41) is 5.43. The first-order valence-electron chi connectivity index (χ1n) is 10.7. The number of hydrogen-bond acceptors (Lipinski definition) is 2.